The van der Waals surface area contributed by atoms with E-state index in [1.165, 1.54) is 4.88 Å². The number of rotatable bonds is 4. The molecule has 1 heterocycles. The topological polar surface area (TPSA) is 52.0 Å². The van der Waals surface area contributed by atoms with Gasteiger partial charge in [-0.25, -0.2) is 0 Å². The van der Waals surface area contributed by atoms with Gasteiger partial charge in [-0.3, -0.25) is 0 Å². The second-order valence-electron chi connectivity index (χ2n) is 3.84. The van der Waals surface area contributed by atoms with Gasteiger partial charge in [0.15, 0.2) is 0 Å². The van der Waals surface area contributed by atoms with Gasteiger partial charge in [0, 0.05) is 20.8 Å². The maximum Gasteiger partial charge on any atom is 0.0433 e. The van der Waals surface area contributed by atoms with Crippen molar-refractivity contribution in [2.24, 2.45) is 23.3 Å². The highest BCUT2D eigenvalue weighted by Gasteiger charge is 2.22. The zero-order valence-electron chi connectivity index (χ0n) is 8.53. The normalized spacial score (nSPS) is 15.9. The molecule has 0 aromatic carbocycles. The molecule has 80 valence electrons. The molecule has 0 saturated heterocycles. The van der Waals surface area contributed by atoms with Crippen molar-refractivity contribution in [3.05, 3.63) is 20.8 Å². The standard InChI is InChI=1S/C10H17BrN2S/c1-6(2)8(4-12)10(13)9-3-7(11)5-14-9/h3,5-6,8,10H,4,12-13H2,1-2H3. The Kier molecular flexibility index (Phi) is 4.57. The highest BCUT2D eigenvalue weighted by Crippen LogP contribution is 2.31. The molecule has 0 bridgehead atoms. The van der Waals surface area contributed by atoms with Gasteiger partial charge in [-0.1, -0.05) is 13.8 Å². The van der Waals surface area contributed by atoms with E-state index in [0.29, 0.717) is 18.4 Å². The first kappa shape index (κ1) is 12.2. The summed E-state index contributed by atoms with van der Waals surface area (Å²) in [5.74, 6) is 0.886. The van der Waals surface area contributed by atoms with E-state index < -0.39 is 0 Å². The Labute approximate surface area is 97.8 Å². The van der Waals surface area contributed by atoms with Crippen LogP contribution in [0.25, 0.3) is 0 Å². The summed E-state index contributed by atoms with van der Waals surface area (Å²) in [5, 5.41) is 2.06. The molecular formula is C10H17BrN2S. The number of halogens is 1. The van der Waals surface area contributed by atoms with Crippen molar-refractivity contribution < 1.29 is 0 Å². The lowest BCUT2D eigenvalue weighted by atomic mass is 9.88. The van der Waals surface area contributed by atoms with Crippen molar-refractivity contribution in [3.63, 3.8) is 0 Å². The fraction of sp³-hybridized carbons (Fsp3) is 0.600. The quantitative estimate of drug-likeness (QED) is 0.889. The van der Waals surface area contributed by atoms with Gasteiger partial charge < -0.3 is 11.5 Å². The molecular weight excluding hydrogens is 260 g/mol. The van der Waals surface area contributed by atoms with Crippen LogP contribution in [0.15, 0.2) is 15.9 Å². The van der Waals surface area contributed by atoms with E-state index >= 15 is 0 Å². The molecule has 4 heteroatoms. The van der Waals surface area contributed by atoms with Gasteiger partial charge in [0.2, 0.25) is 0 Å². The zero-order chi connectivity index (χ0) is 10.7. The molecule has 0 spiro atoms. The Morgan fingerprint density at radius 1 is 1.50 bits per heavy atom. The molecule has 0 saturated carbocycles. The number of hydrogen-bond donors (Lipinski definition) is 2. The van der Waals surface area contributed by atoms with Crippen molar-refractivity contribution in [1.29, 1.82) is 0 Å². The van der Waals surface area contributed by atoms with E-state index in [0.717, 1.165) is 4.47 Å². The molecule has 0 amide bonds. The van der Waals surface area contributed by atoms with Gasteiger partial charge in [-0.05, 0) is 40.4 Å². The predicted octanol–water partition coefficient (Wildman–Crippen LogP) is 2.74. The third-order valence-electron chi connectivity index (χ3n) is 2.51. The summed E-state index contributed by atoms with van der Waals surface area (Å²) >= 11 is 5.12. The molecule has 0 aliphatic carbocycles. The second kappa shape index (κ2) is 5.26. The molecule has 4 N–H and O–H groups in total. The molecule has 1 aromatic rings. The van der Waals surface area contributed by atoms with Gasteiger partial charge >= 0.3 is 0 Å². The molecule has 14 heavy (non-hydrogen) atoms. The first-order valence-electron chi connectivity index (χ1n) is 4.75. The first-order valence-corrected chi connectivity index (χ1v) is 6.43. The minimum atomic E-state index is 0.0660. The van der Waals surface area contributed by atoms with Gasteiger partial charge in [0.05, 0.1) is 0 Å². The summed E-state index contributed by atoms with van der Waals surface area (Å²) in [5.41, 5.74) is 11.9. The molecule has 0 radical (unpaired) electrons. The van der Waals surface area contributed by atoms with Crippen LogP contribution in [-0.4, -0.2) is 6.54 Å². The average Bonchev–Trinajstić information content (AvgIpc) is 2.52. The molecule has 0 aliphatic heterocycles. The van der Waals surface area contributed by atoms with Crippen LogP contribution >= 0.6 is 27.3 Å². The zero-order valence-corrected chi connectivity index (χ0v) is 10.9. The van der Waals surface area contributed by atoms with Crippen LogP contribution in [0.1, 0.15) is 24.8 Å². The summed E-state index contributed by atoms with van der Waals surface area (Å²) in [4.78, 5) is 1.21. The van der Waals surface area contributed by atoms with Crippen LogP contribution < -0.4 is 11.5 Å². The second-order valence-corrected chi connectivity index (χ2v) is 5.70. The summed E-state index contributed by atoms with van der Waals surface area (Å²) in [6.07, 6.45) is 0. The van der Waals surface area contributed by atoms with Crippen LogP contribution in [0.2, 0.25) is 0 Å². The monoisotopic (exact) mass is 276 g/mol. The fourth-order valence-electron chi connectivity index (χ4n) is 1.55. The van der Waals surface area contributed by atoms with E-state index in [1.54, 1.807) is 11.3 Å². The summed E-state index contributed by atoms with van der Waals surface area (Å²) in [6, 6.07) is 2.15. The Bertz CT molecular complexity index is 285. The van der Waals surface area contributed by atoms with E-state index in [2.05, 4.69) is 41.2 Å². The van der Waals surface area contributed by atoms with Gasteiger partial charge in [-0.15, -0.1) is 11.3 Å². The van der Waals surface area contributed by atoms with Crippen molar-refractivity contribution in [2.75, 3.05) is 6.54 Å². The number of thiophene rings is 1. The molecule has 2 nitrogen and oxygen atoms in total. The molecule has 2 atom stereocenters. The Morgan fingerprint density at radius 3 is 2.50 bits per heavy atom. The largest absolute Gasteiger partial charge is 0.330 e. The van der Waals surface area contributed by atoms with Crippen LogP contribution in [0.4, 0.5) is 0 Å². The van der Waals surface area contributed by atoms with Gasteiger partial charge in [0.1, 0.15) is 0 Å². The van der Waals surface area contributed by atoms with Crippen molar-refractivity contribution in [1.82, 2.24) is 0 Å². The molecule has 1 rings (SSSR count). The lowest BCUT2D eigenvalue weighted by molar-refractivity contribution is 0.334. The van der Waals surface area contributed by atoms with Gasteiger partial charge in [-0.2, -0.15) is 0 Å². The maximum absolute atomic E-state index is 6.17. The van der Waals surface area contributed by atoms with Crippen LogP contribution in [0.3, 0.4) is 0 Å². The van der Waals surface area contributed by atoms with E-state index in [4.69, 9.17) is 11.5 Å². The Hall–Kier alpha value is 0.1000. The maximum atomic E-state index is 6.17. The molecule has 1 aromatic heterocycles. The Morgan fingerprint density at radius 2 is 2.14 bits per heavy atom. The summed E-state index contributed by atoms with van der Waals surface area (Å²) in [6.45, 7) is 4.98. The van der Waals surface area contributed by atoms with Crippen LogP contribution in [-0.2, 0) is 0 Å². The SMILES string of the molecule is CC(C)C(CN)C(N)c1cc(Br)cs1. The predicted molar refractivity (Wildman–Crippen MR) is 66.3 cm³/mol. The van der Waals surface area contributed by atoms with Crippen LogP contribution in [0, 0.1) is 11.8 Å². The van der Waals surface area contributed by atoms with Crippen LogP contribution in [0.5, 0.6) is 0 Å². The molecule has 0 fully saturated rings. The molecule has 0 aliphatic rings. The smallest absolute Gasteiger partial charge is 0.0433 e. The van der Waals surface area contributed by atoms with E-state index in [-0.39, 0.29) is 6.04 Å². The third-order valence-corrected chi connectivity index (χ3v) is 4.30. The number of nitrogens with two attached hydrogens (primary N) is 2. The number of hydrogen-bond acceptors (Lipinski definition) is 3. The van der Waals surface area contributed by atoms with E-state index in [1.807, 2.05) is 0 Å². The van der Waals surface area contributed by atoms with Crippen molar-refractivity contribution in [2.45, 2.75) is 19.9 Å². The highest BCUT2D eigenvalue weighted by atomic mass is 79.9. The first-order chi connectivity index (χ1) is 6.56. The average molecular weight is 277 g/mol. The van der Waals surface area contributed by atoms with Gasteiger partial charge in [0.25, 0.3) is 0 Å². The highest BCUT2D eigenvalue weighted by molar-refractivity contribution is 9.10. The van der Waals surface area contributed by atoms with Crippen molar-refractivity contribution >= 4 is 27.3 Å². The molecule has 2 unspecified atom stereocenters. The van der Waals surface area contributed by atoms with Crippen molar-refractivity contribution in [3.8, 4) is 0 Å². The lowest BCUT2D eigenvalue weighted by Gasteiger charge is -2.24. The minimum absolute atomic E-state index is 0.0660. The fourth-order valence-corrected chi connectivity index (χ4v) is 3.07. The third kappa shape index (κ3) is 2.79. The summed E-state index contributed by atoms with van der Waals surface area (Å²) in [7, 11) is 0. The summed E-state index contributed by atoms with van der Waals surface area (Å²) < 4.78 is 1.10. The minimum Gasteiger partial charge on any atom is -0.330 e. The lowest BCUT2D eigenvalue weighted by Crippen LogP contribution is -2.31. The van der Waals surface area contributed by atoms with E-state index in [9.17, 15) is 0 Å². The Balaban J connectivity index is 2.77.